The molecule has 0 saturated carbocycles. The molecule has 0 aliphatic carbocycles. The molecule has 0 aliphatic rings. The molecule has 19 heavy (non-hydrogen) atoms. The van der Waals surface area contributed by atoms with Crippen molar-refractivity contribution in [1.29, 1.82) is 0 Å². The maximum Gasteiger partial charge on any atom is 0.151 e. The Labute approximate surface area is 113 Å². The van der Waals surface area contributed by atoms with E-state index < -0.39 is 0 Å². The van der Waals surface area contributed by atoms with Crippen LogP contribution in [0.25, 0.3) is 5.69 Å². The number of ether oxygens (including phenoxy) is 1. The van der Waals surface area contributed by atoms with Crippen LogP contribution in [0.3, 0.4) is 0 Å². The summed E-state index contributed by atoms with van der Waals surface area (Å²) in [5, 5.41) is 0. The number of hydrogen-bond donors (Lipinski definition) is 0. The molecule has 1 aromatic heterocycles. The van der Waals surface area contributed by atoms with Crippen LogP contribution in [0, 0.1) is 13.8 Å². The molecular formula is C16H19NO2. The number of nitrogens with zero attached hydrogens (tertiary/aromatic N) is 1. The van der Waals surface area contributed by atoms with Gasteiger partial charge >= 0.3 is 0 Å². The van der Waals surface area contributed by atoms with Crippen LogP contribution in [0.4, 0.5) is 0 Å². The first-order valence-electron chi connectivity index (χ1n) is 6.44. The quantitative estimate of drug-likeness (QED) is 0.782. The van der Waals surface area contributed by atoms with E-state index in [1.165, 1.54) is 0 Å². The van der Waals surface area contributed by atoms with Gasteiger partial charge in [0.15, 0.2) is 6.29 Å². The smallest absolute Gasteiger partial charge is 0.151 e. The van der Waals surface area contributed by atoms with Crippen molar-refractivity contribution in [3.8, 4) is 11.4 Å². The Morgan fingerprint density at radius 2 is 1.79 bits per heavy atom. The van der Waals surface area contributed by atoms with Gasteiger partial charge in [0, 0.05) is 22.6 Å². The van der Waals surface area contributed by atoms with Crippen molar-refractivity contribution in [2.75, 3.05) is 0 Å². The average Bonchev–Trinajstić information content (AvgIpc) is 2.65. The third-order valence-electron chi connectivity index (χ3n) is 3.06. The highest BCUT2D eigenvalue weighted by molar-refractivity contribution is 5.77. The van der Waals surface area contributed by atoms with Crippen molar-refractivity contribution in [3.63, 3.8) is 0 Å². The van der Waals surface area contributed by atoms with Crippen molar-refractivity contribution < 1.29 is 9.53 Å². The molecule has 1 aromatic carbocycles. The minimum absolute atomic E-state index is 0.169. The molecule has 0 amide bonds. The molecule has 3 nitrogen and oxygen atoms in total. The fourth-order valence-electron chi connectivity index (χ4n) is 2.25. The summed E-state index contributed by atoms with van der Waals surface area (Å²) in [6.45, 7) is 7.96. The molecule has 0 atom stereocenters. The van der Waals surface area contributed by atoms with Gasteiger partial charge in [-0.2, -0.15) is 0 Å². The average molecular weight is 257 g/mol. The third kappa shape index (κ3) is 2.70. The highest BCUT2D eigenvalue weighted by Crippen LogP contribution is 2.22. The van der Waals surface area contributed by atoms with Gasteiger partial charge in [-0.1, -0.05) is 0 Å². The molecule has 100 valence electrons. The van der Waals surface area contributed by atoms with Crippen LogP contribution in [0.2, 0.25) is 0 Å². The van der Waals surface area contributed by atoms with Gasteiger partial charge in [-0.25, -0.2) is 0 Å². The topological polar surface area (TPSA) is 31.2 Å². The molecule has 0 fully saturated rings. The van der Waals surface area contributed by atoms with Gasteiger partial charge < -0.3 is 9.30 Å². The lowest BCUT2D eigenvalue weighted by molar-refractivity contribution is 0.112. The van der Waals surface area contributed by atoms with E-state index in [1.54, 1.807) is 0 Å². The van der Waals surface area contributed by atoms with Gasteiger partial charge in [-0.05, 0) is 58.0 Å². The van der Waals surface area contributed by atoms with Crippen LogP contribution in [0.5, 0.6) is 5.75 Å². The van der Waals surface area contributed by atoms with Gasteiger partial charge in [0.25, 0.3) is 0 Å². The van der Waals surface area contributed by atoms with Gasteiger partial charge in [0.1, 0.15) is 5.75 Å². The van der Waals surface area contributed by atoms with E-state index >= 15 is 0 Å². The van der Waals surface area contributed by atoms with E-state index in [0.29, 0.717) is 0 Å². The molecule has 3 heteroatoms. The van der Waals surface area contributed by atoms with Gasteiger partial charge in [0.05, 0.1) is 6.10 Å². The van der Waals surface area contributed by atoms with Crippen molar-refractivity contribution in [1.82, 2.24) is 4.57 Å². The number of benzene rings is 1. The second kappa shape index (κ2) is 5.31. The Hall–Kier alpha value is -2.03. The zero-order chi connectivity index (χ0) is 14.0. The van der Waals surface area contributed by atoms with E-state index in [4.69, 9.17) is 4.74 Å². The largest absolute Gasteiger partial charge is 0.491 e. The lowest BCUT2D eigenvalue weighted by Gasteiger charge is -2.12. The molecule has 0 radical (unpaired) electrons. The van der Waals surface area contributed by atoms with Gasteiger partial charge in [-0.3, -0.25) is 4.79 Å². The molecule has 0 aliphatic heterocycles. The van der Waals surface area contributed by atoms with Crippen LogP contribution in [0.15, 0.2) is 30.3 Å². The summed E-state index contributed by atoms with van der Waals surface area (Å²) in [6.07, 6.45) is 1.07. The second-order valence-electron chi connectivity index (χ2n) is 4.94. The number of carbonyl (C=O) groups is 1. The fourth-order valence-corrected chi connectivity index (χ4v) is 2.25. The molecule has 2 rings (SSSR count). The number of aldehydes is 1. The first kappa shape index (κ1) is 13.4. The Kier molecular flexibility index (Phi) is 3.74. The summed E-state index contributed by atoms with van der Waals surface area (Å²) in [5.41, 5.74) is 3.79. The highest BCUT2D eigenvalue weighted by Gasteiger charge is 2.10. The highest BCUT2D eigenvalue weighted by atomic mass is 16.5. The molecular weight excluding hydrogens is 238 g/mol. The van der Waals surface area contributed by atoms with Gasteiger partial charge in [-0.15, -0.1) is 0 Å². The summed E-state index contributed by atoms with van der Waals surface area (Å²) in [7, 11) is 0. The molecule has 0 saturated heterocycles. The van der Waals surface area contributed by atoms with Crippen LogP contribution >= 0.6 is 0 Å². The Bertz CT molecular complexity index is 580. The van der Waals surface area contributed by atoms with Crippen molar-refractivity contribution in [3.05, 3.63) is 47.3 Å². The summed E-state index contributed by atoms with van der Waals surface area (Å²) in [6, 6.07) is 9.82. The Morgan fingerprint density at radius 3 is 2.26 bits per heavy atom. The summed E-state index contributed by atoms with van der Waals surface area (Å²) in [4.78, 5) is 11.0. The van der Waals surface area contributed by atoms with E-state index in [2.05, 4.69) is 4.57 Å². The Balaban J connectivity index is 2.37. The first-order chi connectivity index (χ1) is 9.02. The molecule has 2 aromatic rings. The van der Waals surface area contributed by atoms with Gasteiger partial charge in [0.2, 0.25) is 0 Å². The number of rotatable bonds is 4. The normalized spacial score (nSPS) is 10.8. The minimum atomic E-state index is 0.169. The third-order valence-corrected chi connectivity index (χ3v) is 3.06. The molecule has 0 spiro atoms. The predicted molar refractivity (Wildman–Crippen MR) is 76.4 cm³/mol. The fraction of sp³-hybridized carbons (Fsp3) is 0.312. The van der Waals surface area contributed by atoms with Crippen molar-refractivity contribution >= 4 is 6.29 Å². The predicted octanol–water partition coefficient (Wildman–Crippen LogP) is 3.69. The summed E-state index contributed by atoms with van der Waals surface area (Å²) in [5.74, 6) is 0.858. The number of hydrogen-bond acceptors (Lipinski definition) is 2. The first-order valence-corrected chi connectivity index (χ1v) is 6.44. The van der Waals surface area contributed by atoms with E-state index in [0.717, 1.165) is 34.7 Å². The minimum Gasteiger partial charge on any atom is -0.491 e. The van der Waals surface area contributed by atoms with Crippen molar-refractivity contribution in [2.24, 2.45) is 0 Å². The molecule has 0 bridgehead atoms. The molecule has 1 heterocycles. The molecule has 0 N–H and O–H groups in total. The number of aromatic nitrogens is 1. The van der Waals surface area contributed by atoms with Crippen LogP contribution in [0.1, 0.15) is 35.6 Å². The van der Waals surface area contributed by atoms with Crippen LogP contribution < -0.4 is 4.74 Å². The second-order valence-corrected chi connectivity index (χ2v) is 4.94. The lowest BCUT2D eigenvalue weighted by Crippen LogP contribution is -2.05. The number of carbonyl (C=O) groups excluding carboxylic acids is 1. The van der Waals surface area contributed by atoms with Crippen LogP contribution in [-0.4, -0.2) is 17.0 Å². The summed E-state index contributed by atoms with van der Waals surface area (Å²) < 4.78 is 7.70. The lowest BCUT2D eigenvalue weighted by atomic mass is 10.2. The monoisotopic (exact) mass is 257 g/mol. The zero-order valence-corrected chi connectivity index (χ0v) is 11.8. The maximum atomic E-state index is 11.0. The number of aryl methyl sites for hydroxylation is 1. The molecule has 0 unspecified atom stereocenters. The van der Waals surface area contributed by atoms with Crippen molar-refractivity contribution in [2.45, 2.75) is 33.8 Å². The SMILES string of the molecule is Cc1cc(C=O)c(C)n1-c1ccc(OC(C)C)cc1. The summed E-state index contributed by atoms with van der Waals surface area (Å²) >= 11 is 0. The zero-order valence-electron chi connectivity index (χ0n) is 11.8. The Morgan fingerprint density at radius 1 is 1.16 bits per heavy atom. The van der Waals surface area contributed by atoms with E-state index in [9.17, 15) is 4.79 Å². The maximum absolute atomic E-state index is 11.0. The van der Waals surface area contributed by atoms with Crippen LogP contribution in [-0.2, 0) is 0 Å². The van der Waals surface area contributed by atoms with E-state index in [1.807, 2.05) is 58.0 Å². The van der Waals surface area contributed by atoms with E-state index in [-0.39, 0.29) is 6.10 Å². The standard InChI is InChI=1S/C16H19NO2/c1-11(2)19-16-7-5-15(6-8-16)17-12(3)9-14(10-18)13(17)4/h5-11H,1-4H3.